The van der Waals surface area contributed by atoms with E-state index in [1.807, 2.05) is 32.9 Å². The van der Waals surface area contributed by atoms with Crippen molar-refractivity contribution in [3.05, 3.63) is 18.3 Å². The van der Waals surface area contributed by atoms with Gasteiger partial charge in [-0.2, -0.15) is 0 Å². The normalized spacial score (nSPS) is 20.0. The van der Waals surface area contributed by atoms with Gasteiger partial charge in [0, 0.05) is 12.7 Å². The molecule has 1 saturated heterocycles. The smallest absolute Gasteiger partial charge is 0.410 e. The number of likely N-dealkylation sites (tertiary alicyclic amines) is 1. The molecular weight excluding hydrogens is 290 g/mol. The molecule has 1 aromatic rings. The highest BCUT2D eigenvalue weighted by Crippen LogP contribution is 2.35. The van der Waals surface area contributed by atoms with Gasteiger partial charge in [0.1, 0.15) is 5.60 Å². The van der Waals surface area contributed by atoms with Crippen molar-refractivity contribution in [1.29, 1.82) is 0 Å². The first-order valence-corrected chi connectivity index (χ1v) is 7.70. The van der Waals surface area contributed by atoms with Crippen LogP contribution in [-0.4, -0.2) is 46.8 Å². The van der Waals surface area contributed by atoms with Crippen molar-refractivity contribution in [1.82, 2.24) is 14.6 Å². The van der Waals surface area contributed by atoms with Crippen LogP contribution in [0, 0.1) is 0 Å². The predicted octanol–water partition coefficient (Wildman–Crippen LogP) is 2.06. The van der Waals surface area contributed by atoms with Gasteiger partial charge in [-0.25, -0.2) is 9.78 Å². The molecule has 1 amide bonds. The summed E-state index contributed by atoms with van der Waals surface area (Å²) in [5, 5.41) is 0. The summed E-state index contributed by atoms with van der Waals surface area (Å²) < 4.78 is 14.7. The molecule has 1 aromatic heterocycles. The number of nitrogens with zero attached hydrogens (tertiary/aromatic N) is 2. The van der Waals surface area contributed by atoms with Crippen molar-refractivity contribution in [2.75, 3.05) is 19.6 Å². The number of ether oxygens (including phenoxy) is 2. The van der Waals surface area contributed by atoms with Crippen molar-refractivity contribution in [3.63, 3.8) is 0 Å². The number of rotatable bonds is 0. The van der Waals surface area contributed by atoms with Gasteiger partial charge in [0.2, 0.25) is 5.88 Å². The van der Waals surface area contributed by atoms with Crippen molar-refractivity contribution in [2.24, 2.45) is 0 Å². The third-order valence-electron chi connectivity index (χ3n) is 3.24. The number of carbonyl (C=O) groups is 1. The molecule has 21 heavy (non-hydrogen) atoms. The van der Waals surface area contributed by atoms with E-state index >= 15 is 0 Å². The summed E-state index contributed by atoms with van der Waals surface area (Å²) >= 11 is 1.51. The number of fused-ring (bicyclic) bond motifs is 1. The molecule has 0 atom stereocenters. The van der Waals surface area contributed by atoms with Gasteiger partial charge in [-0.1, -0.05) is 0 Å². The molecule has 7 heteroatoms. The molecule has 0 aromatic carbocycles. The van der Waals surface area contributed by atoms with E-state index in [1.54, 1.807) is 11.1 Å². The van der Waals surface area contributed by atoms with Gasteiger partial charge in [-0.15, -0.1) is 0 Å². The first-order valence-electron chi connectivity index (χ1n) is 6.89. The first kappa shape index (κ1) is 14.5. The Morgan fingerprint density at radius 3 is 3.00 bits per heavy atom. The lowest BCUT2D eigenvalue weighted by atomic mass is 9.94. The number of hydrogen-bond donors (Lipinski definition) is 1. The highest BCUT2D eigenvalue weighted by molar-refractivity contribution is 7.97. The molecule has 2 aliphatic rings. The second-order valence-corrected chi connectivity index (χ2v) is 7.28. The number of aromatic nitrogens is 1. The summed E-state index contributed by atoms with van der Waals surface area (Å²) in [5.74, 6) is 0.622. The summed E-state index contributed by atoms with van der Waals surface area (Å²) in [4.78, 5) is 18.9. The maximum absolute atomic E-state index is 12.0. The zero-order valence-corrected chi connectivity index (χ0v) is 13.2. The minimum atomic E-state index is -0.480. The molecule has 0 aliphatic carbocycles. The molecule has 3 heterocycles. The van der Waals surface area contributed by atoms with Crippen molar-refractivity contribution >= 4 is 18.0 Å². The van der Waals surface area contributed by atoms with E-state index in [0.717, 1.165) is 4.90 Å². The van der Waals surface area contributed by atoms with E-state index in [0.29, 0.717) is 25.5 Å². The maximum atomic E-state index is 12.0. The van der Waals surface area contributed by atoms with Crippen LogP contribution in [0.1, 0.15) is 20.8 Å². The standard InChI is InChI=1S/C14H19N3O3S/c1-13(2,3)20-12(18)17-8-14(9-17)7-16-21-10-5-4-6-15-11(10)19-14/h4-6,16H,7-9H2,1-3H3. The van der Waals surface area contributed by atoms with Crippen molar-refractivity contribution < 1.29 is 14.3 Å². The SMILES string of the molecule is CC(C)(C)OC(=O)N1CC2(CNSc3cccnc3O2)C1. The minimum Gasteiger partial charge on any atom is -0.465 e. The molecule has 0 saturated carbocycles. The number of amides is 1. The van der Waals surface area contributed by atoms with Gasteiger partial charge in [0.05, 0.1) is 18.0 Å². The van der Waals surface area contributed by atoms with Crippen LogP contribution in [0.2, 0.25) is 0 Å². The summed E-state index contributed by atoms with van der Waals surface area (Å²) in [5.41, 5.74) is -0.893. The van der Waals surface area contributed by atoms with Crippen LogP contribution in [-0.2, 0) is 4.74 Å². The van der Waals surface area contributed by atoms with Crippen LogP contribution in [0.4, 0.5) is 4.79 Å². The van der Waals surface area contributed by atoms with Crippen molar-refractivity contribution in [2.45, 2.75) is 36.9 Å². The molecule has 114 valence electrons. The fourth-order valence-electron chi connectivity index (χ4n) is 2.30. The molecule has 6 nitrogen and oxygen atoms in total. The van der Waals surface area contributed by atoms with Crippen molar-refractivity contribution in [3.8, 4) is 5.88 Å². The van der Waals surface area contributed by atoms with E-state index in [9.17, 15) is 4.79 Å². The van der Waals surface area contributed by atoms with Gasteiger partial charge in [-0.05, 0) is 44.9 Å². The van der Waals surface area contributed by atoms with Crippen LogP contribution in [0.5, 0.6) is 5.88 Å². The van der Waals surface area contributed by atoms with Gasteiger partial charge >= 0.3 is 6.09 Å². The Labute approximate surface area is 128 Å². The summed E-state index contributed by atoms with van der Waals surface area (Å²) in [6.07, 6.45) is 1.41. The second kappa shape index (κ2) is 5.06. The van der Waals surface area contributed by atoms with E-state index in [2.05, 4.69) is 9.71 Å². The maximum Gasteiger partial charge on any atom is 0.410 e. The second-order valence-electron chi connectivity index (χ2n) is 6.35. The van der Waals surface area contributed by atoms with Gasteiger partial charge in [0.25, 0.3) is 0 Å². The van der Waals surface area contributed by atoms with Gasteiger partial charge in [-0.3, -0.25) is 9.62 Å². The molecule has 0 radical (unpaired) electrons. The lowest BCUT2D eigenvalue weighted by Gasteiger charge is -2.48. The lowest BCUT2D eigenvalue weighted by molar-refractivity contribution is -0.0796. The summed E-state index contributed by atoms with van der Waals surface area (Å²) in [6, 6.07) is 3.84. The topological polar surface area (TPSA) is 63.7 Å². The number of hydrogen-bond acceptors (Lipinski definition) is 6. The third-order valence-corrected chi connectivity index (χ3v) is 4.05. The fraction of sp³-hybridized carbons (Fsp3) is 0.571. The molecule has 0 bridgehead atoms. The number of carbonyl (C=O) groups excluding carboxylic acids is 1. The lowest BCUT2D eigenvalue weighted by Crippen LogP contribution is -2.69. The highest BCUT2D eigenvalue weighted by atomic mass is 32.2. The molecule has 1 N–H and O–H groups in total. The molecule has 0 unspecified atom stereocenters. The quantitative estimate of drug-likeness (QED) is 0.740. The predicted molar refractivity (Wildman–Crippen MR) is 79.3 cm³/mol. The third kappa shape index (κ3) is 3.08. The first-order chi connectivity index (χ1) is 9.87. The minimum absolute atomic E-state index is 0.296. The van der Waals surface area contributed by atoms with E-state index in [-0.39, 0.29) is 6.09 Å². The summed E-state index contributed by atoms with van der Waals surface area (Å²) in [7, 11) is 0. The zero-order valence-electron chi connectivity index (χ0n) is 12.4. The molecule has 2 aliphatic heterocycles. The van der Waals surface area contributed by atoms with E-state index < -0.39 is 11.2 Å². The van der Waals surface area contributed by atoms with Crippen LogP contribution in [0.25, 0.3) is 0 Å². The Hall–Kier alpha value is -1.47. The van der Waals surface area contributed by atoms with Crippen LogP contribution >= 0.6 is 11.9 Å². The highest BCUT2D eigenvalue weighted by Gasteiger charge is 2.50. The molecule has 3 rings (SSSR count). The average molecular weight is 309 g/mol. The monoisotopic (exact) mass is 309 g/mol. The zero-order chi connectivity index (χ0) is 15.1. The Morgan fingerprint density at radius 2 is 2.29 bits per heavy atom. The Balaban J connectivity index is 1.66. The van der Waals surface area contributed by atoms with E-state index in [4.69, 9.17) is 9.47 Å². The van der Waals surface area contributed by atoms with Gasteiger partial charge < -0.3 is 9.47 Å². The van der Waals surface area contributed by atoms with Gasteiger partial charge in [0.15, 0.2) is 5.60 Å². The van der Waals surface area contributed by atoms with Crippen LogP contribution in [0.3, 0.4) is 0 Å². The van der Waals surface area contributed by atoms with Crippen LogP contribution < -0.4 is 9.46 Å². The summed E-state index contributed by atoms with van der Waals surface area (Å²) in [6.45, 7) is 7.26. The molecular formula is C14H19N3O3S. The van der Waals surface area contributed by atoms with Crippen LogP contribution in [0.15, 0.2) is 23.2 Å². The Kier molecular flexibility index (Phi) is 3.49. The number of nitrogens with one attached hydrogen (secondary N) is 1. The largest absolute Gasteiger partial charge is 0.465 e. The Morgan fingerprint density at radius 1 is 1.52 bits per heavy atom. The number of pyridine rings is 1. The average Bonchev–Trinajstić information content (AvgIpc) is 2.53. The molecule has 1 fully saturated rings. The molecule has 1 spiro atoms. The fourth-order valence-corrected chi connectivity index (χ4v) is 3.12. The Bertz CT molecular complexity index is 553. The van der Waals surface area contributed by atoms with E-state index in [1.165, 1.54) is 11.9 Å².